The Balaban J connectivity index is 1.95. The molecule has 19 heavy (non-hydrogen) atoms. The topological polar surface area (TPSA) is 57.3 Å². The quantitative estimate of drug-likeness (QED) is 0.783. The zero-order valence-corrected chi connectivity index (χ0v) is 10.1. The summed E-state index contributed by atoms with van der Waals surface area (Å²) in [4.78, 5) is 10.6. The van der Waals surface area contributed by atoms with Gasteiger partial charge in [0, 0.05) is 24.9 Å². The summed E-state index contributed by atoms with van der Waals surface area (Å²) in [5.74, 6) is -0.863. The van der Waals surface area contributed by atoms with E-state index in [2.05, 4.69) is 5.32 Å². The summed E-state index contributed by atoms with van der Waals surface area (Å²) in [5, 5.41) is 11.8. The van der Waals surface area contributed by atoms with E-state index in [1.165, 1.54) is 8.96 Å². The highest BCUT2D eigenvalue weighted by Gasteiger charge is 2.46. The van der Waals surface area contributed by atoms with Crippen molar-refractivity contribution in [1.29, 1.82) is 0 Å². The maximum absolute atomic E-state index is 14.3. The molecule has 7 heteroatoms. The van der Waals surface area contributed by atoms with Crippen LogP contribution in [0.2, 0.25) is 0 Å². The SMILES string of the molecule is O=C(O)CCNC1=C2C=CC=[N+]2B(F)n2cccc21. The Morgan fingerprint density at radius 1 is 1.58 bits per heavy atom. The van der Waals surface area contributed by atoms with E-state index in [1.807, 2.05) is 12.1 Å². The number of carboxylic acid groups (broad SMARTS) is 1. The third-order valence-electron chi connectivity index (χ3n) is 3.17. The number of nitrogens with one attached hydrogen (secondary N) is 1. The summed E-state index contributed by atoms with van der Waals surface area (Å²) in [6.07, 6.45) is 6.94. The molecule has 5 nitrogen and oxygen atoms in total. The molecule has 2 aliphatic heterocycles. The molecule has 0 amide bonds. The van der Waals surface area contributed by atoms with Crippen LogP contribution in [0.15, 0.2) is 36.2 Å². The van der Waals surface area contributed by atoms with Gasteiger partial charge in [0.25, 0.3) is 0 Å². The number of aliphatic carboxylic acids is 1. The van der Waals surface area contributed by atoms with Gasteiger partial charge in [-0.2, -0.15) is 0 Å². The number of carbonyl (C=O) groups is 1. The predicted octanol–water partition coefficient (Wildman–Crippen LogP) is 0.690. The molecule has 0 saturated heterocycles. The molecule has 0 atom stereocenters. The molecule has 0 bridgehead atoms. The van der Waals surface area contributed by atoms with Gasteiger partial charge in [0.05, 0.1) is 12.1 Å². The fourth-order valence-corrected chi connectivity index (χ4v) is 2.32. The average molecular weight is 260 g/mol. The lowest BCUT2D eigenvalue weighted by molar-refractivity contribution is -0.329. The molecule has 3 heterocycles. The number of rotatable bonds is 4. The molecule has 0 aliphatic carbocycles. The Morgan fingerprint density at radius 3 is 3.21 bits per heavy atom. The second-order valence-corrected chi connectivity index (χ2v) is 4.36. The molecule has 0 radical (unpaired) electrons. The standard InChI is InChI=1S/C12H11BFN3O2/c14-13-16-7-1-3-9(16)12(15-6-5-11(18)19)10-4-2-8-17(10)13/h1-4,7-8H,5-6H2,(H,18,19)/p+1. The van der Waals surface area contributed by atoms with Crippen LogP contribution in [0.5, 0.6) is 0 Å². The molecule has 0 saturated carbocycles. The molecule has 0 spiro atoms. The van der Waals surface area contributed by atoms with E-state index in [1.54, 1.807) is 24.6 Å². The van der Waals surface area contributed by atoms with Crippen LogP contribution < -0.4 is 5.32 Å². The molecule has 1 aromatic rings. The fraction of sp³-hybridized carbons (Fsp3) is 0.167. The predicted molar refractivity (Wildman–Crippen MR) is 69.3 cm³/mol. The molecular weight excluding hydrogens is 248 g/mol. The van der Waals surface area contributed by atoms with Crippen LogP contribution in [0.4, 0.5) is 4.32 Å². The monoisotopic (exact) mass is 260 g/mol. The summed E-state index contributed by atoms with van der Waals surface area (Å²) in [6, 6.07) is 3.58. The number of hydrogen-bond donors (Lipinski definition) is 2. The van der Waals surface area contributed by atoms with E-state index < -0.39 is 13.2 Å². The third kappa shape index (κ3) is 1.87. The first-order valence-electron chi connectivity index (χ1n) is 5.99. The lowest BCUT2D eigenvalue weighted by atomic mass is 9.97. The van der Waals surface area contributed by atoms with Crippen LogP contribution in [0.25, 0.3) is 5.70 Å². The summed E-state index contributed by atoms with van der Waals surface area (Å²) in [5.41, 5.74) is 2.21. The van der Waals surface area contributed by atoms with Gasteiger partial charge in [-0.3, -0.25) is 9.27 Å². The van der Waals surface area contributed by atoms with Crippen molar-refractivity contribution in [2.24, 2.45) is 0 Å². The molecule has 96 valence electrons. The Bertz CT molecular complexity index is 633. The van der Waals surface area contributed by atoms with Crippen molar-refractivity contribution in [3.05, 3.63) is 41.9 Å². The Hall–Kier alpha value is -2.31. The smallest absolute Gasteiger partial charge is 0.481 e. The molecule has 3 rings (SSSR count). The minimum atomic E-state index is -1.26. The van der Waals surface area contributed by atoms with Crippen molar-refractivity contribution in [2.45, 2.75) is 6.42 Å². The van der Waals surface area contributed by atoms with Crippen LogP contribution in [0, 0.1) is 0 Å². The first kappa shape index (κ1) is 11.8. The average Bonchev–Trinajstić information content (AvgIpc) is 3.01. The zero-order chi connectivity index (χ0) is 13.4. The van der Waals surface area contributed by atoms with E-state index in [-0.39, 0.29) is 6.42 Å². The van der Waals surface area contributed by atoms with Crippen molar-refractivity contribution in [2.75, 3.05) is 6.54 Å². The normalized spacial score (nSPS) is 16.3. The van der Waals surface area contributed by atoms with Crippen LogP contribution in [0.3, 0.4) is 0 Å². The van der Waals surface area contributed by atoms with Crippen LogP contribution in [0.1, 0.15) is 12.1 Å². The van der Waals surface area contributed by atoms with Gasteiger partial charge in [0.2, 0.25) is 5.70 Å². The van der Waals surface area contributed by atoms with E-state index in [0.29, 0.717) is 6.54 Å². The summed E-state index contributed by atoms with van der Waals surface area (Å²) in [7, 11) is -1.26. The van der Waals surface area contributed by atoms with E-state index in [9.17, 15) is 9.11 Å². The highest BCUT2D eigenvalue weighted by atomic mass is 19.1. The molecule has 0 fully saturated rings. The van der Waals surface area contributed by atoms with Crippen LogP contribution in [-0.2, 0) is 4.79 Å². The second-order valence-electron chi connectivity index (χ2n) is 4.36. The van der Waals surface area contributed by atoms with Gasteiger partial charge < -0.3 is 10.4 Å². The lowest BCUT2D eigenvalue weighted by Crippen LogP contribution is -2.40. The Morgan fingerprint density at radius 2 is 2.42 bits per heavy atom. The molecule has 0 unspecified atom stereocenters. The van der Waals surface area contributed by atoms with Crippen molar-refractivity contribution in [1.82, 2.24) is 9.79 Å². The first-order chi connectivity index (χ1) is 9.18. The molecule has 2 N–H and O–H groups in total. The summed E-state index contributed by atoms with van der Waals surface area (Å²) >= 11 is 0. The van der Waals surface area contributed by atoms with Crippen LogP contribution >= 0.6 is 0 Å². The summed E-state index contributed by atoms with van der Waals surface area (Å²) in [6.45, 7) is 0.304. The second kappa shape index (κ2) is 4.42. The van der Waals surface area contributed by atoms with Gasteiger partial charge in [0.15, 0.2) is 0 Å². The number of fused-ring (bicyclic) bond motifs is 2. The van der Waals surface area contributed by atoms with Gasteiger partial charge in [-0.15, -0.1) is 0 Å². The number of hydrogen-bond acceptors (Lipinski definition) is 2. The lowest BCUT2D eigenvalue weighted by Gasteiger charge is -2.18. The van der Waals surface area contributed by atoms with Crippen LogP contribution in [-0.4, -0.2) is 40.1 Å². The van der Waals surface area contributed by atoms with Crippen molar-refractivity contribution in [3.63, 3.8) is 0 Å². The maximum atomic E-state index is 14.3. The Kier molecular flexibility index (Phi) is 2.74. The number of allylic oxidation sites excluding steroid dienone is 2. The van der Waals surface area contributed by atoms with Gasteiger partial charge in [-0.1, -0.05) is 0 Å². The third-order valence-corrected chi connectivity index (χ3v) is 3.17. The molecule has 1 aromatic heterocycles. The number of nitrogens with zero attached hydrogens (tertiary/aromatic N) is 2. The molecular formula is C12H12BFN3O2+. The van der Waals surface area contributed by atoms with E-state index in [4.69, 9.17) is 5.11 Å². The number of aromatic nitrogens is 1. The van der Waals surface area contributed by atoms with Crippen molar-refractivity contribution < 1.29 is 18.7 Å². The number of halogens is 1. The first-order valence-corrected chi connectivity index (χ1v) is 5.99. The summed E-state index contributed by atoms with van der Waals surface area (Å²) < 4.78 is 17.3. The van der Waals surface area contributed by atoms with Gasteiger partial charge in [0.1, 0.15) is 11.9 Å². The number of carboxylic acids is 1. The van der Waals surface area contributed by atoms with Crippen molar-refractivity contribution in [3.8, 4) is 0 Å². The zero-order valence-electron chi connectivity index (χ0n) is 10.1. The largest absolute Gasteiger partial charge is 0.846 e. The van der Waals surface area contributed by atoms with Crippen molar-refractivity contribution >= 4 is 25.1 Å². The van der Waals surface area contributed by atoms with Gasteiger partial charge in [-0.25, -0.2) is 8.80 Å². The van der Waals surface area contributed by atoms with Gasteiger partial charge in [-0.05, 0) is 12.1 Å². The van der Waals surface area contributed by atoms with E-state index >= 15 is 0 Å². The minimum absolute atomic E-state index is 0.0178. The highest BCUT2D eigenvalue weighted by Crippen LogP contribution is 2.27. The molecule has 2 aliphatic rings. The minimum Gasteiger partial charge on any atom is -0.481 e. The highest BCUT2D eigenvalue weighted by molar-refractivity contribution is 6.42. The Labute approximate surface area is 109 Å². The fourth-order valence-electron chi connectivity index (χ4n) is 2.32. The van der Waals surface area contributed by atoms with E-state index in [0.717, 1.165) is 17.1 Å². The maximum Gasteiger partial charge on any atom is 0.846 e. The van der Waals surface area contributed by atoms with Gasteiger partial charge >= 0.3 is 13.2 Å². The molecule has 0 aromatic carbocycles.